The second kappa shape index (κ2) is 9.52. The summed E-state index contributed by atoms with van der Waals surface area (Å²) in [4.78, 5) is 44.6. The maximum absolute atomic E-state index is 13.9. The number of halogens is 1. The molecule has 3 aromatic carbocycles. The van der Waals surface area contributed by atoms with Crippen LogP contribution in [0.3, 0.4) is 0 Å². The van der Waals surface area contributed by atoms with Crippen molar-refractivity contribution >= 4 is 52.2 Å². The lowest BCUT2D eigenvalue weighted by Crippen LogP contribution is -2.32. The van der Waals surface area contributed by atoms with E-state index in [-0.39, 0.29) is 16.7 Å². The molecule has 2 aliphatic heterocycles. The van der Waals surface area contributed by atoms with Crippen LogP contribution in [0.4, 0.5) is 5.69 Å². The molecule has 1 aromatic heterocycles. The lowest BCUT2D eigenvalue weighted by Gasteiger charge is -2.30. The number of nitrogens with zero attached hydrogens (tertiary/aromatic N) is 1. The molecule has 186 valence electrons. The predicted molar refractivity (Wildman–Crippen MR) is 146 cm³/mol. The Balaban J connectivity index is 1.43. The summed E-state index contributed by atoms with van der Waals surface area (Å²) in [6.45, 7) is 2.39. The molecule has 2 amide bonds. The third-order valence-electron chi connectivity index (χ3n) is 6.81. The normalized spacial score (nSPS) is 20.6. The topological polar surface area (TPSA) is 79.5 Å². The molecule has 1 saturated heterocycles. The van der Waals surface area contributed by atoms with Gasteiger partial charge in [0, 0.05) is 21.4 Å². The number of amides is 2. The van der Waals surface area contributed by atoms with E-state index in [0.717, 1.165) is 32.9 Å². The summed E-state index contributed by atoms with van der Waals surface area (Å²) in [6.07, 6.45) is 0. The molecular formula is C28H21ClN2O4S2. The number of para-hydroxylation sites is 1. The van der Waals surface area contributed by atoms with Gasteiger partial charge in [0.05, 0.1) is 16.6 Å². The van der Waals surface area contributed by atoms with Gasteiger partial charge in [0.15, 0.2) is 0 Å². The first-order valence-electron chi connectivity index (χ1n) is 11.7. The summed E-state index contributed by atoms with van der Waals surface area (Å²) < 4.78 is 6.30. The molecule has 0 spiro atoms. The fourth-order valence-corrected chi connectivity index (χ4v) is 7.63. The molecule has 0 radical (unpaired) electrons. The lowest BCUT2D eigenvalue weighted by molar-refractivity contribution is -0.122. The monoisotopic (exact) mass is 548 g/mol. The Labute approximate surface area is 226 Å². The molecule has 6 nitrogen and oxygen atoms in total. The molecular weight excluding hydrogens is 528 g/mol. The summed E-state index contributed by atoms with van der Waals surface area (Å²) in [5.41, 5.74) is 3.44. The van der Waals surface area contributed by atoms with Crippen LogP contribution in [0.5, 0.6) is 5.75 Å². The Morgan fingerprint density at radius 2 is 1.68 bits per heavy atom. The van der Waals surface area contributed by atoms with E-state index in [4.69, 9.17) is 16.3 Å². The average Bonchev–Trinajstić information content (AvgIpc) is 3.39. The number of rotatable bonds is 5. The number of thiazole rings is 1. The van der Waals surface area contributed by atoms with Gasteiger partial charge >= 0.3 is 4.87 Å². The number of hydrogen-bond acceptors (Lipinski definition) is 6. The minimum Gasteiger partial charge on any atom is -0.489 e. The van der Waals surface area contributed by atoms with Crippen molar-refractivity contribution in [1.82, 2.24) is 4.98 Å². The quantitative estimate of drug-likeness (QED) is 0.320. The number of ether oxygens (including phenoxy) is 1. The fraction of sp³-hybridized carbons (Fsp3) is 0.179. The van der Waals surface area contributed by atoms with Crippen LogP contribution in [0.2, 0.25) is 5.02 Å². The first kappa shape index (κ1) is 24.0. The Hall–Kier alpha value is -3.33. The number of aryl methyl sites for hydroxylation is 1. The van der Waals surface area contributed by atoms with Crippen LogP contribution in [0.15, 0.2) is 82.6 Å². The van der Waals surface area contributed by atoms with E-state index in [2.05, 4.69) is 4.98 Å². The number of nitrogens with one attached hydrogen (secondary N) is 1. The number of hydrogen-bond donors (Lipinski definition) is 1. The summed E-state index contributed by atoms with van der Waals surface area (Å²) in [7, 11) is 0. The van der Waals surface area contributed by atoms with Crippen LogP contribution in [0.1, 0.15) is 27.5 Å². The van der Waals surface area contributed by atoms with Crippen molar-refractivity contribution in [2.75, 3.05) is 4.90 Å². The molecule has 0 aliphatic carbocycles. The van der Waals surface area contributed by atoms with Crippen LogP contribution in [0.25, 0.3) is 0 Å². The molecule has 4 aromatic rings. The molecule has 37 heavy (non-hydrogen) atoms. The number of H-pyrrole nitrogens is 1. The summed E-state index contributed by atoms with van der Waals surface area (Å²) in [5, 5.41) is 0.483. The molecule has 0 unspecified atom stereocenters. The van der Waals surface area contributed by atoms with Gasteiger partial charge in [0.2, 0.25) is 11.8 Å². The Morgan fingerprint density at radius 3 is 2.46 bits per heavy atom. The lowest BCUT2D eigenvalue weighted by atomic mass is 9.82. The third kappa shape index (κ3) is 4.19. The molecule has 9 heteroatoms. The molecule has 3 heterocycles. The van der Waals surface area contributed by atoms with Crippen molar-refractivity contribution < 1.29 is 14.3 Å². The summed E-state index contributed by atoms with van der Waals surface area (Å²) >= 11 is 8.38. The highest BCUT2D eigenvalue weighted by Gasteiger charge is 2.56. The van der Waals surface area contributed by atoms with Gasteiger partial charge in [-0.15, -0.1) is 0 Å². The highest BCUT2D eigenvalue weighted by atomic mass is 35.5. The zero-order chi connectivity index (χ0) is 25.7. The van der Waals surface area contributed by atoms with E-state index in [1.54, 1.807) is 24.3 Å². The van der Waals surface area contributed by atoms with Crippen molar-refractivity contribution in [2.24, 2.45) is 5.92 Å². The van der Waals surface area contributed by atoms with Gasteiger partial charge in [-0.25, -0.2) is 4.90 Å². The molecule has 0 saturated carbocycles. The Bertz CT molecular complexity index is 1580. The van der Waals surface area contributed by atoms with Crippen LogP contribution in [-0.4, -0.2) is 22.0 Å². The van der Waals surface area contributed by atoms with E-state index < -0.39 is 17.1 Å². The smallest absolute Gasteiger partial charge is 0.305 e. The SMILES string of the molecule is Cc1ccccc1COc1ccccc1[C@@H]1c2sc(=O)[nH]c2S[C@H]2C(=O)N(c3ccc(Cl)cc3)C(=O)[C@@H]12. The number of carbonyl (C=O) groups is 2. The first-order chi connectivity index (χ1) is 17.9. The molecule has 1 fully saturated rings. The number of aromatic amines is 1. The van der Waals surface area contributed by atoms with Crippen molar-refractivity contribution in [2.45, 2.75) is 29.7 Å². The first-order valence-corrected chi connectivity index (χ1v) is 13.8. The number of carbonyl (C=O) groups excluding carboxylic acids is 2. The van der Waals surface area contributed by atoms with Gasteiger partial charge < -0.3 is 9.72 Å². The third-order valence-corrected chi connectivity index (χ3v) is 9.46. The van der Waals surface area contributed by atoms with Gasteiger partial charge in [-0.05, 0) is 48.4 Å². The molecule has 3 atom stereocenters. The maximum Gasteiger partial charge on any atom is 0.305 e. The van der Waals surface area contributed by atoms with Crippen molar-refractivity contribution in [3.63, 3.8) is 0 Å². The van der Waals surface area contributed by atoms with Gasteiger partial charge in [-0.1, -0.05) is 77.2 Å². The highest BCUT2D eigenvalue weighted by Crippen LogP contribution is 2.54. The van der Waals surface area contributed by atoms with Crippen LogP contribution in [-0.2, 0) is 16.2 Å². The number of imide groups is 1. The largest absolute Gasteiger partial charge is 0.489 e. The van der Waals surface area contributed by atoms with Gasteiger partial charge in [-0.2, -0.15) is 0 Å². The standard InChI is InChI=1S/C28H21ClN2O4S2/c1-15-6-2-3-7-16(15)14-35-20-9-5-4-8-19(20)21-22-24(36-25-23(21)37-28(34)30-25)27(33)31(26(22)32)18-12-10-17(29)11-13-18/h2-13,21-22,24H,14H2,1H3,(H,30,34)/t21-,22-,24+/m0/s1. The Morgan fingerprint density at radius 1 is 0.946 bits per heavy atom. The zero-order valence-electron chi connectivity index (χ0n) is 19.6. The number of benzene rings is 3. The molecule has 2 aliphatic rings. The maximum atomic E-state index is 13.9. The predicted octanol–water partition coefficient (Wildman–Crippen LogP) is 5.77. The minimum absolute atomic E-state index is 0.213. The summed E-state index contributed by atoms with van der Waals surface area (Å²) in [5.74, 6) is -1.17. The second-order valence-electron chi connectivity index (χ2n) is 8.99. The van der Waals surface area contributed by atoms with E-state index in [0.29, 0.717) is 28.1 Å². The number of anilines is 1. The second-order valence-corrected chi connectivity index (χ2v) is 11.6. The van der Waals surface area contributed by atoms with Gasteiger partial charge in [0.25, 0.3) is 0 Å². The molecule has 1 N–H and O–H groups in total. The van der Waals surface area contributed by atoms with Crippen LogP contribution >= 0.6 is 34.7 Å². The molecule has 6 rings (SSSR count). The van der Waals surface area contributed by atoms with Gasteiger partial charge in [0.1, 0.15) is 17.6 Å². The van der Waals surface area contributed by atoms with Crippen LogP contribution < -0.4 is 14.5 Å². The number of fused-ring (bicyclic) bond motifs is 2. The highest BCUT2D eigenvalue weighted by molar-refractivity contribution is 8.00. The van der Waals surface area contributed by atoms with Gasteiger partial charge in [-0.3, -0.25) is 14.4 Å². The van der Waals surface area contributed by atoms with Crippen LogP contribution in [0, 0.1) is 12.8 Å². The van der Waals surface area contributed by atoms with E-state index in [9.17, 15) is 14.4 Å². The van der Waals surface area contributed by atoms with E-state index in [1.165, 1.54) is 16.7 Å². The average molecular weight is 549 g/mol. The molecule has 0 bridgehead atoms. The fourth-order valence-electron chi connectivity index (χ4n) is 4.99. The minimum atomic E-state index is -0.685. The van der Waals surface area contributed by atoms with Crippen molar-refractivity contribution in [3.8, 4) is 5.75 Å². The Kier molecular flexibility index (Phi) is 6.18. The van der Waals surface area contributed by atoms with E-state index >= 15 is 0 Å². The summed E-state index contributed by atoms with van der Waals surface area (Å²) in [6, 6.07) is 22.2. The zero-order valence-corrected chi connectivity index (χ0v) is 22.0. The van der Waals surface area contributed by atoms with Crippen molar-refractivity contribution in [3.05, 3.63) is 109 Å². The number of thioether (sulfide) groups is 1. The number of aromatic nitrogens is 1. The van der Waals surface area contributed by atoms with Crippen molar-refractivity contribution in [1.29, 1.82) is 0 Å². The van der Waals surface area contributed by atoms with E-state index in [1.807, 2.05) is 55.5 Å².